The van der Waals surface area contributed by atoms with Gasteiger partial charge >= 0.3 is 0 Å². The van der Waals surface area contributed by atoms with Crippen molar-refractivity contribution in [3.8, 4) is 40.1 Å². The lowest BCUT2D eigenvalue weighted by molar-refractivity contribution is -0.141. The number of hydrogen-bond donors (Lipinski definition) is 7. The molecule has 4 bridgehead atoms. The molecular formula is C48H65Cl4N11O7. The van der Waals surface area contributed by atoms with Crippen LogP contribution in [0.5, 0.6) is 11.5 Å². The zero-order chi connectivity index (χ0) is 48.1. The number of nitriles is 1. The number of fused-ring (bicyclic) bond motifs is 5. The fourth-order valence-corrected chi connectivity index (χ4v) is 7.42. The minimum absolute atomic E-state index is 0. The summed E-state index contributed by atoms with van der Waals surface area (Å²) in [6.45, 7) is 10.0. The summed E-state index contributed by atoms with van der Waals surface area (Å²) in [6, 6.07) is 15.6. The normalized spacial score (nSPS) is 15.9. The van der Waals surface area contributed by atoms with Crippen LogP contribution in [-0.4, -0.2) is 115 Å². The molecule has 3 aromatic carbocycles. The van der Waals surface area contributed by atoms with E-state index >= 15 is 0 Å². The fourth-order valence-electron chi connectivity index (χ4n) is 7.42. The van der Waals surface area contributed by atoms with Crippen LogP contribution in [0.4, 0.5) is 0 Å². The quantitative estimate of drug-likeness (QED) is 0.0842. The summed E-state index contributed by atoms with van der Waals surface area (Å²) in [7, 11) is 1.44. The van der Waals surface area contributed by atoms with Gasteiger partial charge in [0.1, 0.15) is 55.4 Å². The van der Waals surface area contributed by atoms with Crippen molar-refractivity contribution in [2.75, 3.05) is 46.4 Å². The summed E-state index contributed by atoms with van der Waals surface area (Å²) in [5.74, 6) is -1.92. The van der Waals surface area contributed by atoms with Gasteiger partial charge < -0.3 is 52.8 Å². The minimum atomic E-state index is -1.25. The number of ether oxygens (including phenoxy) is 2. The topological polar surface area (TPSA) is 283 Å². The molecule has 1 aliphatic heterocycles. The zero-order valence-electron chi connectivity index (χ0n) is 40.0. The van der Waals surface area contributed by atoms with Gasteiger partial charge in [0, 0.05) is 55.9 Å². The number of nitrogens with zero attached hydrogens (tertiary/aromatic N) is 4. The van der Waals surface area contributed by atoms with Crippen LogP contribution in [0, 0.1) is 18.3 Å². The van der Waals surface area contributed by atoms with Crippen molar-refractivity contribution in [1.29, 1.82) is 5.26 Å². The third kappa shape index (κ3) is 16.1. The Balaban J connectivity index is 0.00000612. The van der Waals surface area contributed by atoms with Gasteiger partial charge in [-0.15, -0.1) is 49.6 Å². The number of carbonyl (C=O) groups excluding carboxylic acids is 5. The molecule has 4 atom stereocenters. The van der Waals surface area contributed by atoms with E-state index in [4.69, 9.17) is 26.7 Å². The maximum atomic E-state index is 14.5. The Labute approximate surface area is 434 Å². The highest BCUT2D eigenvalue weighted by Crippen LogP contribution is 2.39. The van der Waals surface area contributed by atoms with Crippen molar-refractivity contribution in [3.63, 3.8) is 0 Å². The standard InChI is InChI=1S/C48H61N11O7.4ClH/c1-28-36(27-54-42(55-28)32-9-11-33(12-10-32)48(3,4)5)44(61)57-37(15-16-49)47(64)59(6)39-26-31-8-14-41(66-22-19-52)35(24-31)34-23-30(7-13-40(34)65-21-18-51)25-38(45(62)53-20-17-50)58-43(60)29(2)56-46(39)63;;;;/h7-14,23-24,27,29,37-39H,15-16,18-22,25-26,49,51-52H2,1-6H3,(H,53,62)(H,56,63)(H,57,61)(H,58,60);4*1H/t29-,37-,38-,39-;;;;/m0..../s1. The molecule has 1 aromatic heterocycles. The Morgan fingerprint density at radius 1 is 0.857 bits per heavy atom. The van der Waals surface area contributed by atoms with Gasteiger partial charge in [0.15, 0.2) is 5.82 Å². The third-order valence-electron chi connectivity index (χ3n) is 11.1. The van der Waals surface area contributed by atoms with Crippen LogP contribution in [0.3, 0.4) is 0 Å². The van der Waals surface area contributed by atoms with Gasteiger partial charge in [0.05, 0.1) is 17.3 Å². The number of halogens is 4. The number of likely N-dealkylation sites (N-methyl/N-ethyl adjacent to an activating group) is 1. The molecule has 0 saturated heterocycles. The van der Waals surface area contributed by atoms with Crippen LogP contribution in [0.25, 0.3) is 22.5 Å². The van der Waals surface area contributed by atoms with Crippen molar-refractivity contribution >= 4 is 79.2 Å². The summed E-state index contributed by atoms with van der Waals surface area (Å²) in [5, 5.41) is 19.9. The van der Waals surface area contributed by atoms with E-state index in [9.17, 15) is 29.2 Å². The predicted octanol–water partition coefficient (Wildman–Crippen LogP) is 3.48. The first kappa shape index (κ1) is 62.2. The number of aromatic nitrogens is 2. The molecule has 382 valence electrons. The van der Waals surface area contributed by atoms with E-state index in [-0.39, 0.29) is 119 Å². The molecule has 0 unspecified atom stereocenters. The highest BCUT2D eigenvalue weighted by atomic mass is 35.5. The second-order valence-corrected chi connectivity index (χ2v) is 17.1. The first-order valence-corrected chi connectivity index (χ1v) is 21.9. The average molecular weight is 1050 g/mol. The van der Waals surface area contributed by atoms with Gasteiger partial charge in [-0.05, 0) is 73.2 Å². The van der Waals surface area contributed by atoms with Crippen molar-refractivity contribution < 1.29 is 33.4 Å². The van der Waals surface area contributed by atoms with Gasteiger partial charge in [-0.3, -0.25) is 24.0 Å². The van der Waals surface area contributed by atoms with E-state index in [1.807, 2.05) is 36.4 Å². The van der Waals surface area contributed by atoms with E-state index < -0.39 is 53.7 Å². The molecule has 5 amide bonds. The largest absolute Gasteiger partial charge is 0.492 e. The van der Waals surface area contributed by atoms with Crippen molar-refractivity contribution in [2.45, 2.75) is 83.5 Å². The summed E-state index contributed by atoms with van der Waals surface area (Å²) in [6.07, 6.45) is 1.38. The number of rotatable bonds is 15. The van der Waals surface area contributed by atoms with Crippen LogP contribution in [0.1, 0.15) is 66.9 Å². The molecule has 0 aliphatic carbocycles. The number of carbonyl (C=O) groups is 5. The molecule has 18 nitrogen and oxygen atoms in total. The van der Waals surface area contributed by atoms with Crippen LogP contribution in [-0.2, 0) is 37.4 Å². The lowest BCUT2D eigenvalue weighted by atomic mass is 9.87. The van der Waals surface area contributed by atoms with E-state index in [0.717, 1.165) is 11.1 Å². The lowest BCUT2D eigenvalue weighted by Gasteiger charge is -2.32. The Bertz CT molecular complexity index is 2450. The Kier molecular flexibility index (Phi) is 25.6. The Hall–Kier alpha value is -5.78. The van der Waals surface area contributed by atoms with Crippen molar-refractivity contribution in [2.24, 2.45) is 17.2 Å². The Morgan fingerprint density at radius 3 is 1.94 bits per heavy atom. The molecule has 4 aromatic rings. The molecule has 1 aliphatic rings. The van der Waals surface area contributed by atoms with E-state index in [1.54, 1.807) is 37.3 Å². The van der Waals surface area contributed by atoms with Gasteiger partial charge in [-0.25, -0.2) is 9.97 Å². The van der Waals surface area contributed by atoms with Crippen LogP contribution in [0.2, 0.25) is 0 Å². The molecule has 0 saturated carbocycles. The summed E-state index contributed by atoms with van der Waals surface area (Å²) < 4.78 is 12.2. The van der Waals surface area contributed by atoms with Crippen molar-refractivity contribution in [1.82, 2.24) is 36.1 Å². The first-order chi connectivity index (χ1) is 31.5. The van der Waals surface area contributed by atoms with Crippen LogP contribution < -0.4 is 47.9 Å². The number of benzene rings is 3. The van der Waals surface area contributed by atoms with Crippen LogP contribution in [0.15, 0.2) is 66.9 Å². The molecule has 5 rings (SSSR count). The maximum Gasteiger partial charge on any atom is 0.255 e. The average Bonchev–Trinajstić information content (AvgIpc) is 3.29. The highest BCUT2D eigenvalue weighted by molar-refractivity contribution is 5.99. The van der Waals surface area contributed by atoms with Gasteiger partial charge in [-0.2, -0.15) is 5.26 Å². The fraction of sp³-hybridized carbons (Fsp3) is 0.417. The number of aryl methyl sites for hydroxylation is 1. The van der Waals surface area contributed by atoms with Gasteiger partial charge in [-0.1, -0.05) is 57.2 Å². The minimum Gasteiger partial charge on any atom is -0.492 e. The predicted molar refractivity (Wildman–Crippen MR) is 278 cm³/mol. The van der Waals surface area contributed by atoms with Crippen molar-refractivity contribution in [3.05, 3.63) is 94.8 Å². The lowest BCUT2D eigenvalue weighted by Crippen LogP contribution is -2.58. The third-order valence-corrected chi connectivity index (χ3v) is 11.1. The molecule has 10 N–H and O–H groups in total. The van der Waals surface area contributed by atoms with E-state index in [1.165, 1.54) is 25.1 Å². The number of nitrogens with two attached hydrogens (primary N) is 3. The van der Waals surface area contributed by atoms with E-state index in [0.29, 0.717) is 45.3 Å². The summed E-state index contributed by atoms with van der Waals surface area (Å²) in [5.41, 5.74) is 22.4. The molecular weight excluding hydrogens is 984 g/mol. The molecule has 0 spiro atoms. The monoisotopic (exact) mass is 1050 g/mol. The second kappa shape index (κ2) is 28.8. The summed E-state index contributed by atoms with van der Waals surface area (Å²) >= 11 is 0. The van der Waals surface area contributed by atoms with Crippen LogP contribution >= 0.6 is 49.6 Å². The summed E-state index contributed by atoms with van der Waals surface area (Å²) in [4.78, 5) is 80.2. The SMILES string of the molecule is Cc1nc(-c2ccc(C(C)(C)C)cc2)ncc1C(=O)N[C@@H](CCN)C(=O)N(C)[C@H]1Cc2ccc(OCCN)c(c2)-c2cc(ccc2OCCN)C[C@@H](C(=O)NCC#N)NC(=O)[C@H](C)NC1=O.Cl.Cl.Cl.Cl. The molecule has 0 radical (unpaired) electrons. The maximum absolute atomic E-state index is 14.5. The Morgan fingerprint density at radius 2 is 1.43 bits per heavy atom. The highest BCUT2D eigenvalue weighted by Gasteiger charge is 2.35. The molecule has 22 heteroatoms. The first-order valence-electron chi connectivity index (χ1n) is 21.9. The smallest absolute Gasteiger partial charge is 0.255 e. The van der Waals surface area contributed by atoms with E-state index in [2.05, 4.69) is 52.0 Å². The second-order valence-electron chi connectivity index (χ2n) is 17.1. The number of nitrogens with one attached hydrogen (secondary N) is 4. The molecule has 2 heterocycles. The van der Waals surface area contributed by atoms with Gasteiger partial charge in [0.2, 0.25) is 23.6 Å². The van der Waals surface area contributed by atoms with Gasteiger partial charge in [0.25, 0.3) is 5.91 Å². The molecule has 70 heavy (non-hydrogen) atoms. The number of amides is 5. The molecule has 0 fully saturated rings. The number of hydrogen-bond acceptors (Lipinski definition) is 13. The zero-order valence-corrected chi connectivity index (χ0v) is 43.3.